The Hall–Kier alpha value is -1.25. The number of sulfonamides is 1. The van der Waals surface area contributed by atoms with Gasteiger partial charge in [-0.2, -0.15) is 0 Å². The third-order valence-electron chi connectivity index (χ3n) is 2.54. The molecule has 8 heteroatoms. The van der Waals surface area contributed by atoms with Crippen molar-refractivity contribution in [1.29, 1.82) is 0 Å². The molecule has 2 rings (SSSR count). The van der Waals surface area contributed by atoms with Gasteiger partial charge in [-0.15, -0.1) is 11.3 Å². The molecule has 1 aromatic carbocycles. The van der Waals surface area contributed by atoms with E-state index in [9.17, 15) is 8.42 Å². The molecule has 0 radical (unpaired) electrons. The number of thiophene rings is 1. The molecular formula is C13H14BrNO4S2. The number of methoxy groups -OCH3 is 1. The fourth-order valence-electron chi connectivity index (χ4n) is 1.68. The summed E-state index contributed by atoms with van der Waals surface area (Å²) in [7, 11) is -2.09. The van der Waals surface area contributed by atoms with Crippen molar-refractivity contribution in [2.45, 2.75) is 11.1 Å². The maximum atomic E-state index is 12.3. The van der Waals surface area contributed by atoms with Crippen LogP contribution in [0.4, 0.5) is 5.69 Å². The smallest absolute Gasteiger partial charge is 0.272 e. The maximum Gasteiger partial charge on any atom is 0.272 e. The van der Waals surface area contributed by atoms with E-state index < -0.39 is 10.0 Å². The van der Waals surface area contributed by atoms with Crippen LogP contribution in [0.25, 0.3) is 0 Å². The van der Waals surface area contributed by atoms with E-state index in [2.05, 4.69) is 20.7 Å². The minimum atomic E-state index is -3.63. The second-order valence-electron chi connectivity index (χ2n) is 3.96. The van der Waals surface area contributed by atoms with Crippen LogP contribution in [0.3, 0.4) is 0 Å². The van der Waals surface area contributed by atoms with Crippen molar-refractivity contribution in [2.24, 2.45) is 0 Å². The molecule has 1 heterocycles. The molecule has 114 valence electrons. The minimum Gasteiger partial charge on any atom is -0.493 e. The van der Waals surface area contributed by atoms with Gasteiger partial charge in [-0.3, -0.25) is 4.72 Å². The molecule has 0 unspecified atom stereocenters. The van der Waals surface area contributed by atoms with Gasteiger partial charge in [-0.05, 0) is 46.4 Å². The summed E-state index contributed by atoms with van der Waals surface area (Å²) in [4.78, 5) is 0. The van der Waals surface area contributed by atoms with Gasteiger partial charge in [0.05, 0.1) is 19.4 Å². The lowest BCUT2D eigenvalue weighted by Crippen LogP contribution is -2.12. The predicted molar refractivity (Wildman–Crippen MR) is 87.0 cm³/mol. The number of rotatable bonds is 6. The molecule has 0 bridgehead atoms. The molecule has 1 aromatic heterocycles. The molecule has 0 amide bonds. The fourth-order valence-corrected chi connectivity index (χ4v) is 5.07. The van der Waals surface area contributed by atoms with Gasteiger partial charge in [-0.25, -0.2) is 8.42 Å². The van der Waals surface area contributed by atoms with Crippen LogP contribution in [-0.4, -0.2) is 22.1 Å². The van der Waals surface area contributed by atoms with Gasteiger partial charge in [-0.1, -0.05) is 0 Å². The number of halogens is 1. The number of ether oxygens (including phenoxy) is 2. The van der Waals surface area contributed by atoms with E-state index in [0.29, 0.717) is 28.3 Å². The Labute approximate surface area is 136 Å². The molecule has 2 aromatic rings. The first-order valence-corrected chi connectivity index (χ1v) is 9.20. The largest absolute Gasteiger partial charge is 0.493 e. The summed E-state index contributed by atoms with van der Waals surface area (Å²) in [5.41, 5.74) is 0.416. The zero-order chi connectivity index (χ0) is 15.5. The Balaban J connectivity index is 2.31. The van der Waals surface area contributed by atoms with Gasteiger partial charge in [0.15, 0.2) is 15.7 Å². The summed E-state index contributed by atoms with van der Waals surface area (Å²) in [6, 6.07) is 6.58. The van der Waals surface area contributed by atoms with Crippen molar-refractivity contribution < 1.29 is 17.9 Å². The summed E-state index contributed by atoms with van der Waals surface area (Å²) >= 11 is 4.37. The predicted octanol–water partition coefficient (Wildman–Crippen LogP) is 3.72. The molecular weight excluding hydrogens is 378 g/mol. The average Bonchev–Trinajstić information content (AvgIpc) is 2.86. The molecule has 0 saturated heterocycles. The first-order chi connectivity index (χ1) is 9.97. The molecule has 21 heavy (non-hydrogen) atoms. The molecule has 0 fully saturated rings. The van der Waals surface area contributed by atoms with Crippen LogP contribution in [0.5, 0.6) is 11.5 Å². The second kappa shape index (κ2) is 6.67. The first-order valence-electron chi connectivity index (χ1n) is 6.04. The second-order valence-corrected chi connectivity index (χ2v) is 7.61. The lowest BCUT2D eigenvalue weighted by atomic mass is 10.3. The van der Waals surface area contributed by atoms with Crippen LogP contribution >= 0.6 is 27.3 Å². The molecule has 1 N–H and O–H groups in total. The third-order valence-corrected chi connectivity index (χ3v) is 6.60. The first kappa shape index (κ1) is 16.1. The molecule has 0 saturated carbocycles. The van der Waals surface area contributed by atoms with Crippen LogP contribution in [-0.2, 0) is 10.0 Å². The highest BCUT2D eigenvalue weighted by Gasteiger charge is 2.20. The molecule has 0 atom stereocenters. The zero-order valence-electron chi connectivity index (χ0n) is 11.4. The topological polar surface area (TPSA) is 64.6 Å². The fraction of sp³-hybridized carbons (Fsp3) is 0.231. The van der Waals surface area contributed by atoms with Crippen LogP contribution in [0, 0.1) is 0 Å². The van der Waals surface area contributed by atoms with Crippen LogP contribution in [0.15, 0.2) is 38.3 Å². The van der Waals surface area contributed by atoms with Gasteiger partial charge < -0.3 is 9.47 Å². The molecule has 0 aliphatic carbocycles. The van der Waals surface area contributed by atoms with Crippen LogP contribution < -0.4 is 14.2 Å². The normalized spacial score (nSPS) is 11.2. The van der Waals surface area contributed by atoms with Crippen LogP contribution in [0.2, 0.25) is 0 Å². The number of hydrogen-bond donors (Lipinski definition) is 1. The van der Waals surface area contributed by atoms with Crippen molar-refractivity contribution in [1.82, 2.24) is 0 Å². The summed E-state index contributed by atoms with van der Waals surface area (Å²) in [6.07, 6.45) is 0. The Bertz CT molecular complexity index is 728. The molecule has 5 nitrogen and oxygen atoms in total. The maximum absolute atomic E-state index is 12.3. The van der Waals surface area contributed by atoms with Crippen molar-refractivity contribution >= 4 is 43.0 Å². The van der Waals surface area contributed by atoms with E-state index in [4.69, 9.17) is 9.47 Å². The SMILES string of the molecule is CCOc1cc(NS(=O)(=O)c2sccc2Br)ccc1OC. The third kappa shape index (κ3) is 3.69. The zero-order valence-corrected chi connectivity index (χ0v) is 14.6. The van der Waals surface area contributed by atoms with Gasteiger partial charge in [0, 0.05) is 10.5 Å². The monoisotopic (exact) mass is 391 g/mol. The van der Waals surface area contributed by atoms with Gasteiger partial charge in [0.1, 0.15) is 0 Å². The highest BCUT2D eigenvalue weighted by molar-refractivity contribution is 9.10. The van der Waals surface area contributed by atoms with Crippen molar-refractivity contribution in [2.75, 3.05) is 18.4 Å². The van der Waals surface area contributed by atoms with Crippen molar-refractivity contribution in [3.8, 4) is 11.5 Å². The quantitative estimate of drug-likeness (QED) is 0.814. The van der Waals surface area contributed by atoms with Gasteiger partial charge in [0.25, 0.3) is 10.0 Å². The van der Waals surface area contributed by atoms with Crippen molar-refractivity contribution in [3.63, 3.8) is 0 Å². The van der Waals surface area contributed by atoms with E-state index in [-0.39, 0.29) is 4.21 Å². The molecule has 0 aliphatic heterocycles. The minimum absolute atomic E-state index is 0.233. The Morgan fingerprint density at radius 1 is 1.29 bits per heavy atom. The van der Waals surface area contributed by atoms with Crippen molar-refractivity contribution in [3.05, 3.63) is 34.1 Å². The Morgan fingerprint density at radius 2 is 2.05 bits per heavy atom. The summed E-state index contributed by atoms with van der Waals surface area (Å²) in [5, 5.41) is 1.71. The van der Waals surface area contributed by atoms with E-state index >= 15 is 0 Å². The lowest BCUT2D eigenvalue weighted by Gasteiger charge is -2.12. The molecule has 0 spiro atoms. The van der Waals surface area contributed by atoms with E-state index in [1.54, 1.807) is 29.6 Å². The molecule has 0 aliphatic rings. The van der Waals surface area contributed by atoms with Gasteiger partial charge in [0.2, 0.25) is 0 Å². The van der Waals surface area contributed by atoms with E-state index in [1.165, 1.54) is 7.11 Å². The standard InChI is InChI=1S/C13H14BrNO4S2/c1-3-19-12-8-9(4-5-11(12)18-2)15-21(16,17)13-10(14)6-7-20-13/h4-8,15H,3H2,1-2H3. The number of benzene rings is 1. The summed E-state index contributed by atoms with van der Waals surface area (Å²) in [6.45, 7) is 2.31. The number of nitrogens with one attached hydrogen (secondary N) is 1. The average molecular weight is 392 g/mol. The van der Waals surface area contributed by atoms with Crippen LogP contribution in [0.1, 0.15) is 6.92 Å². The van der Waals surface area contributed by atoms with E-state index in [0.717, 1.165) is 11.3 Å². The van der Waals surface area contributed by atoms with E-state index in [1.807, 2.05) is 6.92 Å². The Kier molecular flexibility index (Phi) is 5.13. The summed E-state index contributed by atoms with van der Waals surface area (Å²) in [5.74, 6) is 1.04. The highest BCUT2D eigenvalue weighted by Crippen LogP contribution is 2.33. The lowest BCUT2D eigenvalue weighted by molar-refractivity contribution is 0.311. The highest BCUT2D eigenvalue weighted by atomic mass is 79.9. The summed E-state index contributed by atoms with van der Waals surface area (Å²) < 4.78 is 38.5. The number of hydrogen-bond acceptors (Lipinski definition) is 5. The van der Waals surface area contributed by atoms with Gasteiger partial charge >= 0.3 is 0 Å². The Morgan fingerprint density at radius 3 is 2.62 bits per heavy atom. The number of anilines is 1.